The van der Waals surface area contributed by atoms with Gasteiger partial charge in [0.2, 0.25) is 5.71 Å². The minimum atomic E-state index is -0.210. The molecule has 130 valence electrons. The fourth-order valence-corrected chi connectivity index (χ4v) is 3.91. The molecule has 0 N–H and O–H groups in total. The molecular weight excluding hydrogens is 311 g/mol. The van der Waals surface area contributed by atoms with E-state index in [-0.39, 0.29) is 5.82 Å². The van der Waals surface area contributed by atoms with Crippen molar-refractivity contribution in [1.29, 1.82) is 0 Å². The molecule has 25 heavy (non-hydrogen) atoms. The standard InChI is InChI=1S/C22H26FN2/c1-15-13-18(23)10-12-19(15)22(25(3)4)20-11-9-17(14-21(20)24-2)16-7-5-6-8-16/h9-14,16H,2,5-8H2,1,3-4H3/q+1. The number of halogens is 1. The molecule has 3 rings (SSSR count). The van der Waals surface area contributed by atoms with Crippen molar-refractivity contribution in [3.8, 4) is 0 Å². The Kier molecular flexibility index (Phi) is 5.12. The van der Waals surface area contributed by atoms with Gasteiger partial charge in [0.05, 0.1) is 11.3 Å². The SMILES string of the molecule is C=Nc1cc(C2CCCC2)ccc1C(c1ccc(F)cc1C)=[N+](C)C. The van der Waals surface area contributed by atoms with Crippen LogP contribution in [0.3, 0.4) is 0 Å². The zero-order chi connectivity index (χ0) is 18.0. The first-order valence-corrected chi connectivity index (χ1v) is 8.93. The van der Waals surface area contributed by atoms with Gasteiger partial charge in [0.25, 0.3) is 0 Å². The second-order valence-corrected chi connectivity index (χ2v) is 7.12. The Morgan fingerprint density at radius 2 is 1.76 bits per heavy atom. The summed E-state index contributed by atoms with van der Waals surface area (Å²) in [5, 5.41) is 0. The lowest BCUT2D eigenvalue weighted by atomic mass is 9.91. The predicted molar refractivity (Wildman–Crippen MR) is 103 cm³/mol. The number of aryl methyl sites for hydroxylation is 1. The van der Waals surface area contributed by atoms with E-state index in [4.69, 9.17) is 0 Å². The van der Waals surface area contributed by atoms with E-state index < -0.39 is 0 Å². The topological polar surface area (TPSA) is 15.4 Å². The zero-order valence-corrected chi connectivity index (χ0v) is 15.3. The van der Waals surface area contributed by atoms with Crippen LogP contribution in [0.2, 0.25) is 0 Å². The van der Waals surface area contributed by atoms with Gasteiger partial charge < -0.3 is 0 Å². The van der Waals surface area contributed by atoms with Crippen molar-refractivity contribution < 1.29 is 8.97 Å². The summed E-state index contributed by atoms with van der Waals surface area (Å²) >= 11 is 0. The van der Waals surface area contributed by atoms with Crippen LogP contribution in [-0.2, 0) is 0 Å². The van der Waals surface area contributed by atoms with Gasteiger partial charge in [0.1, 0.15) is 19.9 Å². The van der Waals surface area contributed by atoms with E-state index in [0.717, 1.165) is 28.1 Å². The molecule has 0 radical (unpaired) electrons. The van der Waals surface area contributed by atoms with Gasteiger partial charge in [-0.15, -0.1) is 0 Å². The molecule has 0 aliphatic heterocycles. The highest BCUT2D eigenvalue weighted by atomic mass is 19.1. The van der Waals surface area contributed by atoms with Crippen LogP contribution in [0.15, 0.2) is 41.4 Å². The van der Waals surface area contributed by atoms with E-state index in [0.29, 0.717) is 5.92 Å². The van der Waals surface area contributed by atoms with Gasteiger partial charge in [-0.3, -0.25) is 4.99 Å². The number of rotatable bonds is 4. The second kappa shape index (κ2) is 7.30. The summed E-state index contributed by atoms with van der Waals surface area (Å²) in [6.07, 6.45) is 5.15. The molecule has 0 atom stereocenters. The molecule has 0 saturated heterocycles. The molecule has 0 heterocycles. The molecule has 1 saturated carbocycles. The summed E-state index contributed by atoms with van der Waals surface area (Å²) in [6.45, 7) is 5.73. The van der Waals surface area contributed by atoms with Crippen LogP contribution >= 0.6 is 0 Å². The number of aliphatic imine (C=N–C) groups is 1. The van der Waals surface area contributed by atoms with E-state index in [1.165, 1.54) is 37.3 Å². The van der Waals surface area contributed by atoms with Gasteiger partial charge >= 0.3 is 0 Å². The third kappa shape index (κ3) is 3.55. The highest BCUT2D eigenvalue weighted by Crippen LogP contribution is 2.36. The van der Waals surface area contributed by atoms with E-state index in [9.17, 15) is 4.39 Å². The lowest BCUT2D eigenvalue weighted by molar-refractivity contribution is -0.463. The van der Waals surface area contributed by atoms with Gasteiger partial charge in [-0.1, -0.05) is 18.9 Å². The van der Waals surface area contributed by atoms with E-state index in [2.05, 4.69) is 34.5 Å². The number of benzene rings is 2. The molecule has 1 fully saturated rings. The molecule has 2 aromatic carbocycles. The Morgan fingerprint density at radius 3 is 2.36 bits per heavy atom. The molecule has 2 aromatic rings. The van der Waals surface area contributed by atoms with Crippen LogP contribution in [0.5, 0.6) is 0 Å². The summed E-state index contributed by atoms with van der Waals surface area (Å²) in [5.74, 6) is 0.433. The molecular formula is C22H26FN2+. The number of hydrogen-bond donors (Lipinski definition) is 0. The van der Waals surface area contributed by atoms with Gasteiger partial charge in [-0.2, -0.15) is 0 Å². The molecule has 3 heteroatoms. The van der Waals surface area contributed by atoms with Crippen LogP contribution in [0.25, 0.3) is 0 Å². The van der Waals surface area contributed by atoms with E-state index in [1.54, 1.807) is 6.07 Å². The fourth-order valence-electron chi connectivity index (χ4n) is 3.91. The average molecular weight is 337 g/mol. The molecule has 0 amide bonds. The Labute approximate surface area is 149 Å². The van der Waals surface area contributed by atoms with Crippen LogP contribution in [0.1, 0.15) is 53.9 Å². The largest absolute Gasteiger partial charge is 0.264 e. The fraction of sp³-hybridized carbons (Fsp3) is 0.364. The minimum Gasteiger partial charge on any atom is -0.264 e. The molecule has 0 unspecified atom stereocenters. The Morgan fingerprint density at radius 1 is 1.08 bits per heavy atom. The average Bonchev–Trinajstić information content (AvgIpc) is 3.11. The second-order valence-electron chi connectivity index (χ2n) is 7.12. The van der Waals surface area contributed by atoms with Crippen molar-refractivity contribution >= 4 is 18.1 Å². The third-order valence-electron chi connectivity index (χ3n) is 5.16. The predicted octanol–water partition coefficient (Wildman–Crippen LogP) is 5.23. The normalized spacial score (nSPS) is 14.6. The summed E-state index contributed by atoms with van der Waals surface area (Å²) < 4.78 is 15.6. The summed E-state index contributed by atoms with van der Waals surface area (Å²) in [4.78, 5) is 4.31. The van der Waals surface area contributed by atoms with Crippen molar-refractivity contribution in [1.82, 2.24) is 0 Å². The maximum absolute atomic E-state index is 13.5. The first kappa shape index (κ1) is 17.5. The van der Waals surface area contributed by atoms with Crippen LogP contribution < -0.4 is 0 Å². The van der Waals surface area contributed by atoms with Crippen LogP contribution in [0.4, 0.5) is 10.1 Å². The van der Waals surface area contributed by atoms with Crippen molar-refractivity contribution in [2.75, 3.05) is 14.1 Å². The monoisotopic (exact) mass is 337 g/mol. The maximum atomic E-state index is 13.5. The van der Waals surface area contributed by atoms with Crippen molar-refractivity contribution in [3.63, 3.8) is 0 Å². The molecule has 1 aliphatic rings. The Balaban J connectivity index is 2.11. The van der Waals surface area contributed by atoms with Crippen LogP contribution in [-0.4, -0.2) is 31.1 Å². The smallest absolute Gasteiger partial charge is 0.216 e. The maximum Gasteiger partial charge on any atom is 0.216 e. The van der Waals surface area contributed by atoms with Gasteiger partial charge in [-0.25, -0.2) is 8.97 Å². The molecule has 0 aromatic heterocycles. The lowest BCUT2D eigenvalue weighted by Gasteiger charge is -2.14. The summed E-state index contributed by atoms with van der Waals surface area (Å²) in [5.41, 5.74) is 6.27. The van der Waals surface area contributed by atoms with E-state index in [1.807, 2.05) is 27.1 Å². The van der Waals surface area contributed by atoms with Crippen molar-refractivity contribution in [2.45, 2.75) is 38.5 Å². The minimum absolute atomic E-state index is 0.210. The first-order valence-electron chi connectivity index (χ1n) is 8.93. The van der Waals surface area contributed by atoms with E-state index >= 15 is 0 Å². The molecule has 0 bridgehead atoms. The first-order chi connectivity index (χ1) is 12.0. The van der Waals surface area contributed by atoms with Gasteiger partial charge in [-0.05, 0) is 73.9 Å². The highest BCUT2D eigenvalue weighted by molar-refractivity contribution is 6.13. The van der Waals surface area contributed by atoms with Gasteiger partial charge in [0, 0.05) is 5.56 Å². The molecule has 1 aliphatic carbocycles. The number of nitrogens with zero attached hydrogens (tertiary/aromatic N) is 2. The third-order valence-corrected chi connectivity index (χ3v) is 5.16. The molecule has 0 spiro atoms. The Bertz CT molecular complexity index is 826. The summed E-state index contributed by atoms with van der Waals surface area (Å²) in [6, 6.07) is 11.5. The van der Waals surface area contributed by atoms with Crippen molar-refractivity contribution in [3.05, 3.63) is 64.5 Å². The van der Waals surface area contributed by atoms with Crippen molar-refractivity contribution in [2.24, 2.45) is 4.99 Å². The quantitative estimate of drug-likeness (QED) is 0.536. The summed E-state index contributed by atoms with van der Waals surface area (Å²) in [7, 11) is 4.02. The zero-order valence-electron chi connectivity index (χ0n) is 15.3. The van der Waals surface area contributed by atoms with Gasteiger partial charge in [0.15, 0.2) is 0 Å². The number of hydrogen-bond acceptors (Lipinski definition) is 1. The highest BCUT2D eigenvalue weighted by Gasteiger charge is 2.23. The molecule has 2 nitrogen and oxygen atoms in total. The van der Waals surface area contributed by atoms with Crippen LogP contribution in [0, 0.1) is 12.7 Å². The lowest BCUT2D eigenvalue weighted by Crippen LogP contribution is -2.18. The Hall–Kier alpha value is -2.29.